The van der Waals surface area contributed by atoms with Crippen LogP contribution in [0.4, 0.5) is 5.13 Å². The summed E-state index contributed by atoms with van der Waals surface area (Å²) in [6, 6.07) is 0.502. The van der Waals surface area contributed by atoms with Gasteiger partial charge >= 0.3 is 5.97 Å². The van der Waals surface area contributed by atoms with Crippen molar-refractivity contribution in [1.82, 2.24) is 4.98 Å². The zero-order valence-corrected chi connectivity index (χ0v) is 10.8. The Bertz CT molecular complexity index is 392. The molecule has 4 nitrogen and oxygen atoms in total. The van der Waals surface area contributed by atoms with Crippen molar-refractivity contribution in [2.45, 2.75) is 45.1 Å². The van der Waals surface area contributed by atoms with E-state index in [1.807, 2.05) is 5.38 Å². The van der Waals surface area contributed by atoms with Crippen molar-refractivity contribution in [2.75, 3.05) is 5.32 Å². The van der Waals surface area contributed by atoms with Gasteiger partial charge in [-0.05, 0) is 18.8 Å². The average molecular weight is 254 g/mol. The smallest absolute Gasteiger partial charge is 0.309 e. The molecule has 1 heterocycles. The van der Waals surface area contributed by atoms with Crippen LogP contribution in [0.5, 0.6) is 0 Å². The van der Waals surface area contributed by atoms with Crippen molar-refractivity contribution in [1.29, 1.82) is 0 Å². The molecule has 0 aromatic carbocycles. The predicted octanol–water partition coefficient (Wildman–Crippen LogP) is 2.76. The molecular weight excluding hydrogens is 236 g/mol. The zero-order valence-electron chi connectivity index (χ0n) is 9.98. The van der Waals surface area contributed by atoms with E-state index < -0.39 is 5.97 Å². The molecule has 5 heteroatoms. The summed E-state index contributed by atoms with van der Waals surface area (Å²) < 4.78 is 0. The van der Waals surface area contributed by atoms with Crippen molar-refractivity contribution < 1.29 is 9.90 Å². The maximum Gasteiger partial charge on any atom is 0.309 e. The molecule has 2 atom stereocenters. The number of anilines is 1. The van der Waals surface area contributed by atoms with Crippen molar-refractivity contribution in [3.05, 3.63) is 11.1 Å². The van der Waals surface area contributed by atoms with Crippen molar-refractivity contribution in [2.24, 2.45) is 5.92 Å². The Labute approximate surface area is 105 Å². The highest BCUT2D eigenvalue weighted by molar-refractivity contribution is 7.13. The Hall–Kier alpha value is -1.10. The summed E-state index contributed by atoms with van der Waals surface area (Å²) in [4.78, 5) is 14.9. The van der Waals surface area contributed by atoms with Gasteiger partial charge in [0, 0.05) is 11.4 Å². The van der Waals surface area contributed by atoms with Crippen LogP contribution in [0.1, 0.15) is 38.3 Å². The van der Waals surface area contributed by atoms with Crippen LogP contribution in [0.25, 0.3) is 0 Å². The number of carbonyl (C=O) groups is 1. The van der Waals surface area contributed by atoms with E-state index in [0.717, 1.165) is 11.0 Å². The SMILES string of the molecule is CC1CCCC(Nc2nc(CC(=O)O)cs2)C1. The quantitative estimate of drug-likeness (QED) is 0.867. The first-order valence-electron chi connectivity index (χ1n) is 6.06. The summed E-state index contributed by atoms with van der Waals surface area (Å²) in [5, 5.41) is 14.8. The average Bonchev–Trinajstić information content (AvgIpc) is 2.64. The van der Waals surface area contributed by atoms with Crippen LogP contribution in [0.15, 0.2) is 5.38 Å². The van der Waals surface area contributed by atoms with E-state index in [9.17, 15) is 4.79 Å². The fourth-order valence-electron chi connectivity index (χ4n) is 2.35. The number of hydrogen-bond donors (Lipinski definition) is 2. The standard InChI is InChI=1S/C12H18N2O2S/c1-8-3-2-4-9(5-8)13-12-14-10(7-17-12)6-11(15)16/h7-9H,2-6H2,1H3,(H,13,14)(H,15,16). The Kier molecular flexibility index (Phi) is 3.99. The molecule has 2 rings (SSSR count). The lowest BCUT2D eigenvalue weighted by molar-refractivity contribution is -0.136. The molecule has 0 bridgehead atoms. The van der Waals surface area contributed by atoms with E-state index in [2.05, 4.69) is 17.2 Å². The minimum absolute atomic E-state index is 0.0131. The molecule has 0 amide bonds. The molecule has 0 saturated heterocycles. The third-order valence-electron chi connectivity index (χ3n) is 3.15. The maximum atomic E-state index is 10.6. The molecule has 1 aromatic heterocycles. The van der Waals surface area contributed by atoms with E-state index in [0.29, 0.717) is 11.7 Å². The van der Waals surface area contributed by atoms with Gasteiger partial charge in [0.05, 0.1) is 12.1 Å². The van der Waals surface area contributed by atoms with Crippen LogP contribution in [-0.4, -0.2) is 22.1 Å². The molecule has 0 aliphatic heterocycles. The number of nitrogens with one attached hydrogen (secondary N) is 1. The number of carboxylic acid groups (broad SMARTS) is 1. The molecule has 17 heavy (non-hydrogen) atoms. The number of carboxylic acids is 1. The van der Waals surface area contributed by atoms with Crippen LogP contribution in [0, 0.1) is 5.92 Å². The van der Waals surface area contributed by atoms with Gasteiger partial charge in [0.2, 0.25) is 0 Å². The van der Waals surface area contributed by atoms with E-state index >= 15 is 0 Å². The number of thiazole rings is 1. The summed E-state index contributed by atoms with van der Waals surface area (Å²) in [5.41, 5.74) is 0.647. The van der Waals surface area contributed by atoms with E-state index in [1.165, 1.54) is 37.0 Å². The monoisotopic (exact) mass is 254 g/mol. The first kappa shape index (κ1) is 12.4. The lowest BCUT2D eigenvalue weighted by Gasteiger charge is -2.27. The molecule has 0 spiro atoms. The van der Waals surface area contributed by atoms with Gasteiger partial charge in [0.1, 0.15) is 0 Å². The minimum atomic E-state index is -0.826. The van der Waals surface area contributed by atoms with Gasteiger partial charge in [-0.2, -0.15) is 0 Å². The molecular formula is C12H18N2O2S. The Morgan fingerprint density at radius 2 is 2.47 bits per heavy atom. The van der Waals surface area contributed by atoms with Crippen molar-refractivity contribution in [3.63, 3.8) is 0 Å². The van der Waals surface area contributed by atoms with Gasteiger partial charge in [0.15, 0.2) is 5.13 Å². The number of aliphatic carboxylic acids is 1. The molecule has 0 radical (unpaired) electrons. The Balaban J connectivity index is 1.89. The normalized spacial score (nSPS) is 24.5. The Morgan fingerprint density at radius 3 is 3.18 bits per heavy atom. The molecule has 1 aliphatic carbocycles. The maximum absolute atomic E-state index is 10.6. The van der Waals surface area contributed by atoms with Crippen LogP contribution in [0.3, 0.4) is 0 Å². The molecule has 1 saturated carbocycles. The third-order valence-corrected chi connectivity index (χ3v) is 3.97. The largest absolute Gasteiger partial charge is 0.481 e. The summed E-state index contributed by atoms with van der Waals surface area (Å²) in [6.07, 6.45) is 4.98. The lowest BCUT2D eigenvalue weighted by atomic mass is 9.87. The van der Waals surface area contributed by atoms with Crippen molar-refractivity contribution >= 4 is 22.4 Å². The van der Waals surface area contributed by atoms with Crippen molar-refractivity contribution in [3.8, 4) is 0 Å². The Morgan fingerprint density at radius 1 is 1.65 bits per heavy atom. The molecule has 1 fully saturated rings. The van der Waals surface area contributed by atoms with E-state index in [1.54, 1.807) is 0 Å². The van der Waals surface area contributed by atoms with Gasteiger partial charge in [-0.3, -0.25) is 4.79 Å². The summed E-state index contributed by atoms with van der Waals surface area (Å²) in [7, 11) is 0. The first-order chi connectivity index (χ1) is 8.13. The molecule has 2 unspecified atom stereocenters. The van der Waals surface area contributed by atoms with Gasteiger partial charge in [0.25, 0.3) is 0 Å². The van der Waals surface area contributed by atoms with Gasteiger partial charge in [-0.15, -0.1) is 11.3 Å². The third kappa shape index (κ3) is 3.70. The molecule has 1 aliphatic rings. The van der Waals surface area contributed by atoms with Gasteiger partial charge in [-0.1, -0.05) is 19.8 Å². The minimum Gasteiger partial charge on any atom is -0.481 e. The van der Waals surface area contributed by atoms with Crippen LogP contribution in [0.2, 0.25) is 0 Å². The number of rotatable bonds is 4. The molecule has 2 N–H and O–H groups in total. The number of nitrogens with zero attached hydrogens (tertiary/aromatic N) is 1. The van der Waals surface area contributed by atoms with Gasteiger partial charge < -0.3 is 10.4 Å². The molecule has 94 valence electrons. The van der Waals surface area contributed by atoms with Gasteiger partial charge in [-0.25, -0.2) is 4.98 Å². The molecule has 1 aromatic rings. The highest BCUT2D eigenvalue weighted by Crippen LogP contribution is 2.27. The number of hydrogen-bond acceptors (Lipinski definition) is 4. The number of aromatic nitrogens is 1. The summed E-state index contributed by atoms with van der Waals surface area (Å²) in [5.74, 6) is -0.0483. The predicted molar refractivity (Wildman–Crippen MR) is 68.5 cm³/mol. The second-order valence-corrected chi connectivity index (χ2v) is 5.69. The second-order valence-electron chi connectivity index (χ2n) is 4.83. The fraction of sp³-hybridized carbons (Fsp3) is 0.667. The summed E-state index contributed by atoms with van der Waals surface area (Å²) >= 11 is 1.50. The van der Waals surface area contributed by atoms with Crippen LogP contribution < -0.4 is 5.32 Å². The van der Waals surface area contributed by atoms with Crippen LogP contribution >= 0.6 is 11.3 Å². The van der Waals surface area contributed by atoms with E-state index in [4.69, 9.17) is 5.11 Å². The second kappa shape index (κ2) is 5.49. The highest BCUT2D eigenvalue weighted by atomic mass is 32.1. The highest BCUT2D eigenvalue weighted by Gasteiger charge is 2.19. The van der Waals surface area contributed by atoms with E-state index in [-0.39, 0.29) is 6.42 Å². The zero-order chi connectivity index (χ0) is 12.3. The fourth-order valence-corrected chi connectivity index (χ4v) is 3.14. The summed E-state index contributed by atoms with van der Waals surface area (Å²) in [6.45, 7) is 2.28. The lowest BCUT2D eigenvalue weighted by Crippen LogP contribution is -2.26. The topological polar surface area (TPSA) is 62.2 Å². The van der Waals surface area contributed by atoms with Crippen LogP contribution in [-0.2, 0) is 11.2 Å². The first-order valence-corrected chi connectivity index (χ1v) is 6.94.